The molecule has 0 aliphatic carbocycles. The fourth-order valence-electron chi connectivity index (χ4n) is 3.02. The van der Waals surface area contributed by atoms with E-state index in [4.69, 9.17) is 0 Å². The molecule has 0 unspecified atom stereocenters. The lowest BCUT2D eigenvalue weighted by Gasteiger charge is -2.24. The molecule has 1 fully saturated rings. The number of rotatable bonds is 8. The van der Waals surface area contributed by atoms with E-state index in [2.05, 4.69) is 30.8 Å². The summed E-state index contributed by atoms with van der Waals surface area (Å²) in [5, 5.41) is 0. The summed E-state index contributed by atoms with van der Waals surface area (Å²) in [6.45, 7) is 5.30. The van der Waals surface area contributed by atoms with E-state index in [1.54, 1.807) is 14.1 Å². The summed E-state index contributed by atoms with van der Waals surface area (Å²) < 4.78 is 24.8. The van der Waals surface area contributed by atoms with Crippen molar-refractivity contribution in [1.29, 1.82) is 0 Å². The maximum Gasteiger partial charge on any atom is 0.213 e. The largest absolute Gasteiger partial charge is 0.305 e. The van der Waals surface area contributed by atoms with Crippen LogP contribution in [0.2, 0.25) is 0 Å². The number of sulfonamides is 1. The predicted octanol–water partition coefficient (Wildman–Crippen LogP) is 0.930. The third-order valence-corrected chi connectivity index (χ3v) is 6.16. The van der Waals surface area contributed by atoms with Gasteiger partial charge in [-0.15, -0.1) is 0 Å². The van der Waals surface area contributed by atoms with Gasteiger partial charge in [-0.25, -0.2) is 12.7 Å². The van der Waals surface area contributed by atoms with Crippen LogP contribution in [0.5, 0.6) is 0 Å². The van der Waals surface area contributed by atoms with Gasteiger partial charge in [0.05, 0.1) is 5.75 Å². The first kappa shape index (κ1) is 17.9. The Morgan fingerprint density at radius 1 is 1.15 bits per heavy atom. The standard InChI is InChI=1S/C14H31N3O2S/c1-6-8-13-11-17(12-14(13)15(2)3)9-7-10-20(18,19)16(4)5/h13-14H,6-12H2,1-5H3/t13-,14-/m1/s1. The number of likely N-dealkylation sites (N-methyl/N-ethyl adjacent to an activating group) is 1. The molecule has 5 nitrogen and oxygen atoms in total. The highest BCUT2D eigenvalue weighted by molar-refractivity contribution is 7.89. The molecule has 6 heteroatoms. The minimum Gasteiger partial charge on any atom is -0.305 e. The van der Waals surface area contributed by atoms with E-state index in [1.807, 2.05) is 0 Å². The highest BCUT2D eigenvalue weighted by atomic mass is 32.2. The maximum absolute atomic E-state index is 11.7. The van der Waals surface area contributed by atoms with Crippen LogP contribution in [0.1, 0.15) is 26.2 Å². The molecule has 20 heavy (non-hydrogen) atoms. The molecular formula is C14H31N3O2S. The number of hydrogen-bond donors (Lipinski definition) is 0. The smallest absolute Gasteiger partial charge is 0.213 e. The van der Waals surface area contributed by atoms with Gasteiger partial charge in [0.25, 0.3) is 0 Å². The second-order valence-electron chi connectivity index (χ2n) is 6.29. The van der Waals surface area contributed by atoms with Crippen LogP contribution in [-0.2, 0) is 10.0 Å². The molecule has 1 heterocycles. The van der Waals surface area contributed by atoms with E-state index in [0.29, 0.717) is 6.04 Å². The van der Waals surface area contributed by atoms with Gasteiger partial charge in [-0.05, 0) is 39.4 Å². The fraction of sp³-hybridized carbons (Fsp3) is 1.00. The average molecular weight is 305 g/mol. The van der Waals surface area contributed by atoms with Crippen LogP contribution in [-0.4, -0.2) is 82.1 Å². The van der Waals surface area contributed by atoms with Gasteiger partial charge < -0.3 is 9.80 Å². The van der Waals surface area contributed by atoms with Crippen molar-refractivity contribution in [2.75, 3.05) is 53.6 Å². The first-order valence-corrected chi connectivity index (χ1v) is 9.17. The lowest BCUT2D eigenvalue weighted by atomic mass is 9.98. The van der Waals surface area contributed by atoms with Gasteiger partial charge in [0.15, 0.2) is 0 Å². The number of likely N-dealkylation sites (tertiary alicyclic amines) is 1. The van der Waals surface area contributed by atoms with Gasteiger partial charge in [-0.2, -0.15) is 0 Å². The molecule has 0 radical (unpaired) electrons. The summed E-state index contributed by atoms with van der Waals surface area (Å²) in [7, 11) is 4.45. The molecule has 0 aromatic heterocycles. The lowest BCUT2D eigenvalue weighted by molar-refractivity contribution is 0.239. The van der Waals surface area contributed by atoms with Crippen LogP contribution >= 0.6 is 0 Å². The van der Waals surface area contributed by atoms with Crippen molar-refractivity contribution in [3.05, 3.63) is 0 Å². The summed E-state index contributed by atoms with van der Waals surface area (Å²) in [6, 6.07) is 0.611. The van der Waals surface area contributed by atoms with Crippen LogP contribution in [0, 0.1) is 5.92 Å². The molecule has 1 aliphatic heterocycles. The minimum absolute atomic E-state index is 0.252. The Morgan fingerprint density at radius 3 is 2.30 bits per heavy atom. The molecule has 0 N–H and O–H groups in total. The molecule has 0 aromatic carbocycles. The van der Waals surface area contributed by atoms with Gasteiger partial charge in [0, 0.05) is 33.2 Å². The highest BCUT2D eigenvalue weighted by Gasteiger charge is 2.33. The van der Waals surface area contributed by atoms with Crippen molar-refractivity contribution in [3.63, 3.8) is 0 Å². The van der Waals surface area contributed by atoms with E-state index < -0.39 is 10.0 Å². The van der Waals surface area contributed by atoms with E-state index in [-0.39, 0.29) is 5.75 Å². The zero-order chi connectivity index (χ0) is 15.3. The maximum atomic E-state index is 11.7. The summed E-state index contributed by atoms with van der Waals surface area (Å²) in [6.07, 6.45) is 3.20. The Kier molecular flexibility index (Phi) is 6.91. The number of hydrogen-bond acceptors (Lipinski definition) is 4. The summed E-state index contributed by atoms with van der Waals surface area (Å²) in [4.78, 5) is 4.74. The third-order valence-electron chi connectivity index (χ3n) is 4.24. The topological polar surface area (TPSA) is 43.9 Å². The van der Waals surface area contributed by atoms with Gasteiger partial charge in [-0.3, -0.25) is 0 Å². The zero-order valence-electron chi connectivity index (χ0n) is 13.7. The third kappa shape index (κ3) is 4.98. The van der Waals surface area contributed by atoms with Crippen LogP contribution < -0.4 is 0 Å². The van der Waals surface area contributed by atoms with Crippen molar-refractivity contribution in [2.24, 2.45) is 5.92 Å². The lowest BCUT2D eigenvalue weighted by Crippen LogP contribution is -2.35. The molecule has 1 aliphatic rings. The second-order valence-corrected chi connectivity index (χ2v) is 8.59. The van der Waals surface area contributed by atoms with Crippen molar-refractivity contribution < 1.29 is 8.42 Å². The molecule has 0 amide bonds. The molecule has 0 bridgehead atoms. The summed E-state index contributed by atoms with van der Waals surface area (Å²) in [5.41, 5.74) is 0. The minimum atomic E-state index is -3.05. The molecule has 0 spiro atoms. The molecule has 1 saturated heterocycles. The molecule has 1 rings (SSSR count). The monoisotopic (exact) mass is 305 g/mol. The van der Waals surface area contributed by atoms with Gasteiger partial charge >= 0.3 is 0 Å². The van der Waals surface area contributed by atoms with Gasteiger partial charge in [-0.1, -0.05) is 13.3 Å². The van der Waals surface area contributed by atoms with Crippen LogP contribution in [0.25, 0.3) is 0 Å². The molecule has 2 atom stereocenters. The average Bonchev–Trinajstić information content (AvgIpc) is 2.72. The van der Waals surface area contributed by atoms with Gasteiger partial charge in [0.2, 0.25) is 10.0 Å². The highest BCUT2D eigenvalue weighted by Crippen LogP contribution is 2.24. The van der Waals surface area contributed by atoms with Gasteiger partial charge in [0.1, 0.15) is 0 Å². The SMILES string of the molecule is CCC[C@@H]1CN(CCCS(=O)(=O)N(C)C)C[C@H]1N(C)C. The first-order chi connectivity index (χ1) is 9.27. The van der Waals surface area contributed by atoms with Crippen molar-refractivity contribution >= 4 is 10.0 Å². The molecular weight excluding hydrogens is 274 g/mol. The van der Waals surface area contributed by atoms with E-state index in [1.165, 1.54) is 17.1 Å². The fourth-order valence-corrected chi connectivity index (χ4v) is 3.88. The van der Waals surface area contributed by atoms with Crippen molar-refractivity contribution in [2.45, 2.75) is 32.2 Å². The Morgan fingerprint density at radius 2 is 1.80 bits per heavy atom. The summed E-state index contributed by atoms with van der Waals surface area (Å²) in [5.74, 6) is 0.974. The number of nitrogens with zero attached hydrogens (tertiary/aromatic N) is 3. The predicted molar refractivity (Wildman–Crippen MR) is 84.4 cm³/mol. The summed E-state index contributed by atoms with van der Waals surface area (Å²) >= 11 is 0. The Labute approximate surface area is 125 Å². The van der Waals surface area contributed by atoms with Crippen molar-refractivity contribution in [1.82, 2.24) is 14.1 Å². The van der Waals surface area contributed by atoms with Crippen LogP contribution in [0.4, 0.5) is 0 Å². The van der Waals surface area contributed by atoms with E-state index in [0.717, 1.165) is 32.0 Å². The normalized spacial score (nSPS) is 24.9. The Balaban J connectivity index is 2.43. The molecule has 120 valence electrons. The Bertz CT molecular complexity index is 382. The Hall–Kier alpha value is -0.170. The zero-order valence-corrected chi connectivity index (χ0v) is 14.5. The first-order valence-electron chi connectivity index (χ1n) is 7.57. The van der Waals surface area contributed by atoms with E-state index >= 15 is 0 Å². The van der Waals surface area contributed by atoms with Crippen molar-refractivity contribution in [3.8, 4) is 0 Å². The molecule has 0 saturated carbocycles. The van der Waals surface area contributed by atoms with E-state index in [9.17, 15) is 8.42 Å². The second kappa shape index (κ2) is 7.73. The van der Waals surface area contributed by atoms with Crippen LogP contribution in [0.15, 0.2) is 0 Å². The quantitative estimate of drug-likeness (QED) is 0.669. The van der Waals surface area contributed by atoms with Crippen LogP contribution in [0.3, 0.4) is 0 Å². The molecule has 0 aromatic rings.